The number of benzene rings is 1. The summed E-state index contributed by atoms with van der Waals surface area (Å²) in [4.78, 5) is 14.5. The van der Waals surface area contributed by atoms with Gasteiger partial charge in [0.1, 0.15) is 5.69 Å². The molecule has 4 rings (SSSR count). The van der Waals surface area contributed by atoms with Crippen LogP contribution in [0.1, 0.15) is 10.4 Å². The average Bonchev–Trinajstić information content (AvgIpc) is 3.03. The molecule has 0 saturated carbocycles. The van der Waals surface area contributed by atoms with Gasteiger partial charge in [0.25, 0.3) is 0 Å². The van der Waals surface area contributed by atoms with Crippen LogP contribution in [0.15, 0.2) is 40.9 Å². The summed E-state index contributed by atoms with van der Waals surface area (Å²) in [5, 5.41) is 8.18. The van der Waals surface area contributed by atoms with Crippen LogP contribution in [0.4, 0.5) is 11.6 Å². The molecule has 9 heteroatoms. The van der Waals surface area contributed by atoms with Gasteiger partial charge in [0.15, 0.2) is 0 Å². The molecule has 0 atom stereocenters. The van der Waals surface area contributed by atoms with Crippen LogP contribution in [0.5, 0.6) is 0 Å². The zero-order valence-corrected chi connectivity index (χ0v) is 14.1. The van der Waals surface area contributed by atoms with Crippen LogP contribution >= 0.6 is 11.3 Å². The van der Waals surface area contributed by atoms with E-state index in [2.05, 4.69) is 20.3 Å². The lowest BCUT2D eigenvalue weighted by atomic mass is 10.00. The minimum atomic E-state index is -3.75. The largest absolute Gasteiger partial charge is 0.324 e. The third-order valence-corrected chi connectivity index (χ3v) is 5.57. The normalized spacial score (nSPS) is 13.2. The van der Waals surface area contributed by atoms with Crippen LogP contribution in [0.3, 0.4) is 0 Å². The molecule has 7 nitrogen and oxygen atoms in total. The van der Waals surface area contributed by atoms with E-state index in [0.29, 0.717) is 11.6 Å². The van der Waals surface area contributed by atoms with Gasteiger partial charge >= 0.3 is 0 Å². The molecule has 0 fully saturated rings. The Kier molecular flexibility index (Phi) is 3.56. The van der Waals surface area contributed by atoms with Gasteiger partial charge in [-0.1, -0.05) is 6.07 Å². The number of fused-ring (bicyclic) bond motifs is 3. The first-order chi connectivity index (χ1) is 11.5. The van der Waals surface area contributed by atoms with E-state index in [-0.39, 0.29) is 4.90 Å². The highest BCUT2D eigenvalue weighted by molar-refractivity contribution is 7.89. The van der Waals surface area contributed by atoms with Gasteiger partial charge in [0.05, 0.1) is 16.1 Å². The smallest absolute Gasteiger partial charge is 0.238 e. The SMILES string of the molecule is NS(=O)(=O)c1cccc(Nc2ncc3c(n2)-c2ncsc2CC3)c1. The number of rotatable bonds is 3. The summed E-state index contributed by atoms with van der Waals surface area (Å²) in [6.45, 7) is 0. The summed E-state index contributed by atoms with van der Waals surface area (Å²) in [6.07, 6.45) is 3.64. The van der Waals surface area contributed by atoms with Crippen LogP contribution < -0.4 is 10.5 Å². The van der Waals surface area contributed by atoms with Gasteiger partial charge in [0, 0.05) is 16.8 Å². The first kappa shape index (κ1) is 15.2. The molecule has 1 aliphatic carbocycles. The summed E-state index contributed by atoms with van der Waals surface area (Å²) in [7, 11) is -3.75. The van der Waals surface area contributed by atoms with Crippen molar-refractivity contribution < 1.29 is 8.42 Å². The van der Waals surface area contributed by atoms with Crippen molar-refractivity contribution >= 4 is 33.0 Å². The summed E-state index contributed by atoms with van der Waals surface area (Å²) in [6, 6.07) is 6.23. The Morgan fingerprint density at radius 3 is 2.88 bits per heavy atom. The maximum atomic E-state index is 11.4. The second kappa shape index (κ2) is 5.62. The highest BCUT2D eigenvalue weighted by atomic mass is 32.2. The molecule has 3 aromatic rings. The monoisotopic (exact) mass is 359 g/mol. The molecule has 2 aromatic heterocycles. The topological polar surface area (TPSA) is 111 Å². The van der Waals surface area contributed by atoms with E-state index in [9.17, 15) is 8.42 Å². The van der Waals surface area contributed by atoms with Crippen molar-refractivity contribution in [2.75, 3.05) is 5.32 Å². The Morgan fingerprint density at radius 2 is 2.04 bits per heavy atom. The van der Waals surface area contributed by atoms with Gasteiger partial charge in [0.2, 0.25) is 16.0 Å². The maximum Gasteiger partial charge on any atom is 0.238 e. The minimum absolute atomic E-state index is 0.0345. The first-order valence-electron chi connectivity index (χ1n) is 7.19. The van der Waals surface area contributed by atoms with Gasteiger partial charge in [-0.2, -0.15) is 0 Å². The van der Waals surface area contributed by atoms with Gasteiger partial charge < -0.3 is 5.32 Å². The van der Waals surface area contributed by atoms with Gasteiger partial charge in [-0.3, -0.25) is 0 Å². The Balaban J connectivity index is 1.69. The molecule has 0 aliphatic heterocycles. The molecule has 0 radical (unpaired) electrons. The Hall–Kier alpha value is -2.36. The number of hydrogen-bond acceptors (Lipinski definition) is 7. The number of hydrogen-bond donors (Lipinski definition) is 2. The summed E-state index contributed by atoms with van der Waals surface area (Å²) < 4.78 is 22.9. The number of sulfonamides is 1. The van der Waals surface area contributed by atoms with Gasteiger partial charge in [-0.05, 0) is 36.6 Å². The second-order valence-corrected chi connectivity index (χ2v) is 7.89. The molecule has 122 valence electrons. The Morgan fingerprint density at radius 1 is 1.17 bits per heavy atom. The Labute approximate surface area is 142 Å². The van der Waals surface area contributed by atoms with Gasteiger partial charge in [-0.15, -0.1) is 11.3 Å². The van der Waals surface area contributed by atoms with Crippen molar-refractivity contribution in [2.24, 2.45) is 5.14 Å². The van der Waals surface area contributed by atoms with Crippen molar-refractivity contribution in [3.05, 3.63) is 46.4 Å². The fourth-order valence-electron chi connectivity index (χ4n) is 2.62. The molecule has 0 amide bonds. The molecule has 0 spiro atoms. The molecule has 0 unspecified atom stereocenters. The highest BCUT2D eigenvalue weighted by Crippen LogP contribution is 2.33. The van der Waals surface area contributed by atoms with E-state index in [1.807, 2.05) is 5.51 Å². The number of nitrogens with two attached hydrogens (primary N) is 1. The van der Waals surface area contributed by atoms with E-state index < -0.39 is 10.0 Å². The number of nitrogens with zero attached hydrogens (tertiary/aromatic N) is 3. The molecular weight excluding hydrogens is 346 g/mol. The van der Waals surface area contributed by atoms with Crippen molar-refractivity contribution in [1.82, 2.24) is 15.0 Å². The van der Waals surface area contributed by atoms with Crippen LogP contribution in [0.25, 0.3) is 11.4 Å². The minimum Gasteiger partial charge on any atom is -0.324 e. The van der Waals surface area contributed by atoms with E-state index in [4.69, 9.17) is 5.14 Å². The number of nitrogens with one attached hydrogen (secondary N) is 1. The van der Waals surface area contributed by atoms with Crippen molar-refractivity contribution in [3.8, 4) is 11.4 Å². The van der Waals surface area contributed by atoms with Gasteiger partial charge in [-0.25, -0.2) is 28.5 Å². The summed E-state index contributed by atoms with van der Waals surface area (Å²) >= 11 is 1.63. The summed E-state index contributed by atoms with van der Waals surface area (Å²) in [5.74, 6) is 0.390. The highest BCUT2D eigenvalue weighted by Gasteiger charge is 2.21. The molecule has 1 aliphatic rings. The van der Waals surface area contributed by atoms with E-state index >= 15 is 0 Å². The molecule has 0 saturated heterocycles. The predicted octanol–water partition coefficient (Wildman–Crippen LogP) is 2.09. The fourth-order valence-corrected chi connectivity index (χ4v) is 3.95. The average molecular weight is 359 g/mol. The quantitative estimate of drug-likeness (QED) is 0.741. The van der Waals surface area contributed by atoms with Crippen LogP contribution in [0, 0.1) is 0 Å². The van der Waals surface area contributed by atoms with Crippen LogP contribution in [-0.4, -0.2) is 23.4 Å². The zero-order chi connectivity index (χ0) is 16.7. The molecule has 1 aromatic carbocycles. The maximum absolute atomic E-state index is 11.4. The van der Waals surface area contributed by atoms with Crippen molar-refractivity contribution in [1.29, 1.82) is 0 Å². The first-order valence-corrected chi connectivity index (χ1v) is 9.62. The number of anilines is 2. The predicted molar refractivity (Wildman–Crippen MR) is 91.6 cm³/mol. The molecule has 2 heterocycles. The standard InChI is InChI=1S/C15H13N5O2S2/c16-24(21,22)11-3-1-2-10(6-11)19-15-17-7-9-4-5-12-14(13(9)20-15)18-8-23-12/h1-3,6-8H,4-5H2,(H2,16,21,22)(H,17,19,20). The fraction of sp³-hybridized carbons (Fsp3) is 0.133. The molecule has 3 N–H and O–H groups in total. The second-order valence-electron chi connectivity index (χ2n) is 5.39. The van der Waals surface area contributed by atoms with E-state index in [1.54, 1.807) is 29.7 Å². The zero-order valence-electron chi connectivity index (χ0n) is 12.4. The Bertz CT molecular complexity index is 1030. The van der Waals surface area contributed by atoms with Crippen LogP contribution in [0.2, 0.25) is 0 Å². The number of primary sulfonamides is 1. The molecule has 0 bridgehead atoms. The third-order valence-electron chi connectivity index (χ3n) is 3.77. The van der Waals surface area contributed by atoms with E-state index in [1.165, 1.54) is 17.0 Å². The van der Waals surface area contributed by atoms with Crippen LogP contribution in [-0.2, 0) is 22.9 Å². The molecule has 24 heavy (non-hydrogen) atoms. The molecular formula is C15H13N5O2S2. The third kappa shape index (κ3) is 2.77. The van der Waals surface area contributed by atoms with E-state index in [0.717, 1.165) is 29.8 Å². The lowest BCUT2D eigenvalue weighted by Gasteiger charge is -2.15. The number of aromatic nitrogens is 3. The summed E-state index contributed by atoms with van der Waals surface area (Å²) in [5.41, 5.74) is 5.18. The lowest BCUT2D eigenvalue weighted by molar-refractivity contribution is 0.598. The lowest BCUT2D eigenvalue weighted by Crippen LogP contribution is -2.12. The number of thiazole rings is 1. The van der Waals surface area contributed by atoms with Crippen molar-refractivity contribution in [2.45, 2.75) is 17.7 Å². The number of aryl methyl sites for hydroxylation is 2. The van der Waals surface area contributed by atoms with Crippen molar-refractivity contribution in [3.63, 3.8) is 0 Å².